The van der Waals surface area contributed by atoms with Gasteiger partial charge in [-0.05, 0) is 36.1 Å². The van der Waals surface area contributed by atoms with Gasteiger partial charge in [-0.2, -0.15) is 5.26 Å². The van der Waals surface area contributed by atoms with E-state index in [9.17, 15) is 4.79 Å². The molecule has 0 bridgehead atoms. The number of nitriles is 1. The number of benzene rings is 1. The van der Waals surface area contributed by atoms with Crippen LogP contribution in [0.25, 0.3) is 0 Å². The minimum Gasteiger partial charge on any atom is -0.495 e. The molecule has 0 radical (unpaired) electrons. The third-order valence-corrected chi connectivity index (χ3v) is 3.86. The largest absolute Gasteiger partial charge is 0.495 e. The van der Waals surface area contributed by atoms with Gasteiger partial charge in [0.05, 0.1) is 12.7 Å². The lowest BCUT2D eigenvalue weighted by Gasteiger charge is -2.07. The zero-order valence-corrected chi connectivity index (χ0v) is 11.9. The van der Waals surface area contributed by atoms with Gasteiger partial charge in [-0.25, -0.2) is 0 Å². The molecular formula is C17H16N2O2. The van der Waals surface area contributed by atoms with Crippen molar-refractivity contribution in [2.75, 3.05) is 7.11 Å². The van der Waals surface area contributed by atoms with Gasteiger partial charge in [0.2, 0.25) is 0 Å². The van der Waals surface area contributed by atoms with Gasteiger partial charge in [0, 0.05) is 30.9 Å². The summed E-state index contributed by atoms with van der Waals surface area (Å²) in [6, 6.07) is 7.67. The highest BCUT2D eigenvalue weighted by Crippen LogP contribution is 2.24. The minimum absolute atomic E-state index is 0.243. The molecule has 106 valence electrons. The lowest BCUT2D eigenvalue weighted by atomic mass is 9.95. The fourth-order valence-electron chi connectivity index (χ4n) is 2.81. The van der Waals surface area contributed by atoms with Gasteiger partial charge in [0.1, 0.15) is 11.8 Å². The van der Waals surface area contributed by atoms with Crippen molar-refractivity contribution in [1.29, 1.82) is 5.26 Å². The van der Waals surface area contributed by atoms with Crippen molar-refractivity contribution in [3.05, 3.63) is 52.8 Å². The van der Waals surface area contributed by atoms with Crippen LogP contribution in [0.1, 0.15) is 39.9 Å². The number of aryl methyl sites for hydroxylation is 1. The fourth-order valence-corrected chi connectivity index (χ4v) is 2.81. The number of ketones is 1. The average Bonchev–Trinajstić information content (AvgIpc) is 2.91. The first-order valence-corrected chi connectivity index (χ1v) is 7.00. The number of aromatic nitrogens is 1. The Morgan fingerprint density at radius 1 is 1.33 bits per heavy atom. The van der Waals surface area contributed by atoms with Gasteiger partial charge in [0.25, 0.3) is 0 Å². The van der Waals surface area contributed by atoms with Crippen LogP contribution in [0.5, 0.6) is 5.75 Å². The van der Waals surface area contributed by atoms with Crippen LogP contribution in [-0.4, -0.2) is 17.5 Å². The second-order valence-electron chi connectivity index (χ2n) is 5.29. The predicted molar refractivity (Wildman–Crippen MR) is 78.5 cm³/mol. The average molecular weight is 280 g/mol. The lowest BCUT2D eigenvalue weighted by molar-refractivity contribution is 0.0973. The van der Waals surface area contributed by atoms with E-state index in [0.29, 0.717) is 24.3 Å². The van der Waals surface area contributed by atoms with Crippen LogP contribution in [0, 0.1) is 11.3 Å². The Morgan fingerprint density at radius 3 is 2.90 bits per heavy atom. The number of hydrogen-bond donors (Lipinski definition) is 0. The monoisotopic (exact) mass is 280 g/mol. The highest BCUT2D eigenvalue weighted by atomic mass is 16.5. The van der Waals surface area contributed by atoms with E-state index in [-0.39, 0.29) is 5.78 Å². The van der Waals surface area contributed by atoms with E-state index in [0.717, 1.165) is 29.5 Å². The van der Waals surface area contributed by atoms with Crippen LogP contribution in [0.4, 0.5) is 0 Å². The van der Waals surface area contributed by atoms with Gasteiger partial charge >= 0.3 is 0 Å². The van der Waals surface area contributed by atoms with Gasteiger partial charge in [-0.15, -0.1) is 0 Å². The highest BCUT2D eigenvalue weighted by Gasteiger charge is 2.19. The molecule has 21 heavy (non-hydrogen) atoms. The van der Waals surface area contributed by atoms with E-state index >= 15 is 0 Å². The van der Waals surface area contributed by atoms with Crippen molar-refractivity contribution < 1.29 is 9.53 Å². The summed E-state index contributed by atoms with van der Waals surface area (Å²) >= 11 is 0. The normalized spacial score (nSPS) is 13.6. The standard InChI is InChI=1S/C17H16N2O2/c1-21-17-7-12(5-6-13(17)8-18)9-19-10-14-3-2-4-16(20)15(14)11-19/h5-7,10-11H,2-4,9H2,1H3. The van der Waals surface area contributed by atoms with E-state index < -0.39 is 0 Å². The molecule has 2 aromatic rings. The van der Waals surface area contributed by atoms with Gasteiger partial charge in [0.15, 0.2) is 5.78 Å². The lowest BCUT2D eigenvalue weighted by Crippen LogP contribution is -2.07. The number of methoxy groups -OCH3 is 1. The van der Waals surface area contributed by atoms with Gasteiger partial charge in [-0.3, -0.25) is 4.79 Å². The third-order valence-electron chi connectivity index (χ3n) is 3.86. The number of rotatable bonds is 3. The Hall–Kier alpha value is -2.54. The molecule has 0 atom stereocenters. The van der Waals surface area contributed by atoms with E-state index in [4.69, 9.17) is 10.00 Å². The number of Topliss-reactive ketones (excluding diaryl/α,β-unsaturated/α-hetero) is 1. The molecule has 4 heteroatoms. The number of nitrogens with zero attached hydrogens (tertiary/aromatic N) is 2. The van der Waals surface area contributed by atoms with E-state index in [1.807, 2.05) is 22.9 Å². The maximum atomic E-state index is 11.9. The van der Waals surface area contributed by atoms with Crippen LogP contribution < -0.4 is 4.74 Å². The quantitative estimate of drug-likeness (QED) is 0.868. The fraction of sp³-hybridized carbons (Fsp3) is 0.294. The Balaban J connectivity index is 1.87. The molecule has 0 spiro atoms. The second-order valence-corrected chi connectivity index (χ2v) is 5.29. The molecule has 0 fully saturated rings. The molecule has 0 saturated heterocycles. The van der Waals surface area contributed by atoms with Crippen molar-refractivity contribution in [2.45, 2.75) is 25.8 Å². The Labute approximate surface area is 123 Å². The summed E-state index contributed by atoms with van der Waals surface area (Å²) in [5.74, 6) is 0.829. The predicted octanol–water partition coefficient (Wildman–Crippen LogP) is 2.94. The van der Waals surface area contributed by atoms with Gasteiger partial charge in [-0.1, -0.05) is 6.07 Å². The summed E-state index contributed by atoms with van der Waals surface area (Å²) in [6.45, 7) is 0.669. The van der Waals surface area contributed by atoms with Crippen LogP contribution >= 0.6 is 0 Å². The Kier molecular flexibility index (Phi) is 3.49. The van der Waals surface area contributed by atoms with Crippen LogP contribution in [0.3, 0.4) is 0 Å². The first-order chi connectivity index (χ1) is 10.2. The molecule has 0 aliphatic heterocycles. The number of fused-ring (bicyclic) bond motifs is 1. The maximum Gasteiger partial charge on any atom is 0.164 e. The molecule has 1 aromatic carbocycles. The van der Waals surface area contributed by atoms with Crippen molar-refractivity contribution >= 4 is 5.78 Å². The summed E-state index contributed by atoms with van der Waals surface area (Å²) in [5.41, 5.74) is 3.59. The van der Waals surface area contributed by atoms with E-state index in [1.165, 1.54) is 0 Å². The van der Waals surface area contributed by atoms with Gasteiger partial charge < -0.3 is 9.30 Å². The topological polar surface area (TPSA) is 55.0 Å². The summed E-state index contributed by atoms with van der Waals surface area (Å²) in [4.78, 5) is 11.9. The first-order valence-electron chi connectivity index (χ1n) is 7.00. The zero-order valence-electron chi connectivity index (χ0n) is 11.9. The maximum absolute atomic E-state index is 11.9. The van der Waals surface area contributed by atoms with Crippen LogP contribution in [0.15, 0.2) is 30.6 Å². The molecule has 0 N–H and O–H groups in total. The molecule has 0 unspecified atom stereocenters. The number of ether oxygens (including phenoxy) is 1. The summed E-state index contributed by atoms with van der Waals surface area (Å²) in [6.07, 6.45) is 6.56. The summed E-state index contributed by atoms with van der Waals surface area (Å²) in [5, 5.41) is 9.00. The molecular weight excluding hydrogens is 264 g/mol. The minimum atomic E-state index is 0.243. The van der Waals surface area contributed by atoms with E-state index in [2.05, 4.69) is 12.3 Å². The van der Waals surface area contributed by atoms with Crippen LogP contribution in [0.2, 0.25) is 0 Å². The molecule has 0 saturated carbocycles. The van der Waals surface area contributed by atoms with E-state index in [1.54, 1.807) is 13.2 Å². The van der Waals surface area contributed by atoms with Crippen molar-refractivity contribution in [1.82, 2.24) is 4.57 Å². The van der Waals surface area contributed by atoms with Crippen molar-refractivity contribution in [3.63, 3.8) is 0 Å². The third kappa shape index (κ3) is 2.55. The smallest absolute Gasteiger partial charge is 0.164 e. The van der Waals surface area contributed by atoms with Crippen molar-refractivity contribution in [2.24, 2.45) is 0 Å². The molecule has 4 nitrogen and oxygen atoms in total. The zero-order chi connectivity index (χ0) is 14.8. The second kappa shape index (κ2) is 5.45. The summed E-state index contributed by atoms with van der Waals surface area (Å²) in [7, 11) is 1.56. The molecule has 1 aliphatic rings. The molecule has 1 heterocycles. The molecule has 3 rings (SSSR count). The summed E-state index contributed by atoms with van der Waals surface area (Å²) < 4.78 is 7.26. The Morgan fingerprint density at radius 2 is 2.19 bits per heavy atom. The van der Waals surface area contributed by atoms with Crippen molar-refractivity contribution in [3.8, 4) is 11.8 Å². The number of carbonyl (C=O) groups is 1. The SMILES string of the molecule is COc1cc(Cn2cc3c(c2)C(=O)CCC3)ccc1C#N. The molecule has 0 amide bonds. The number of hydrogen-bond acceptors (Lipinski definition) is 3. The molecule has 1 aromatic heterocycles. The molecule has 1 aliphatic carbocycles. The number of carbonyl (C=O) groups excluding carboxylic acids is 1. The highest BCUT2D eigenvalue weighted by molar-refractivity contribution is 5.98. The first kappa shape index (κ1) is 13.4. The van der Waals surface area contributed by atoms with Crippen LogP contribution in [-0.2, 0) is 13.0 Å². The Bertz CT molecular complexity index is 738.